The first-order valence-corrected chi connectivity index (χ1v) is 14.9. The van der Waals surface area contributed by atoms with Gasteiger partial charge < -0.3 is 10.2 Å². The highest BCUT2D eigenvalue weighted by Gasteiger charge is 2.34. The summed E-state index contributed by atoms with van der Waals surface area (Å²) in [6.07, 6.45) is 1.07. The average Bonchev–Trinajstić information content (AvgIpc) is 2.92. The van der Waals surface area contributed by atoms with Crippen molar-refractivity contribution in [1.82, 2.24) is 10.2 Å². The average molecular weight is 591 g/mol. The number of rotatable bonds is 12. The van der Waals surface area contributed by atoms with Crippen LogP contribution < -0.4 is 9.62 Å². The summed E-state index contributed by atoms with van der Waals surface area (Å²) >= 11 is 12.5. The van der Waals surface area contributed by atoms with E-state index in [1.807, 2.05) is 51.1 Å². The molecule has 208 valence electrons. The monoisotopic (exact) mass is 589 g/mol. The summed E-state index contributed by atoms with van der Waals surface area (Å²) in [5, 5.41) is 3.36. The van der Waals surface area contributed by atoms with Crippen LogP contribution in [0.1, 0.15) is 39.2 Å². The largest absolute Gasteiger partial charge is 0.352 e. The lowest BCUT2D eigenvalue weighted by atomic mass is 10.1. The first-order chi connectivity index (χ1) is 18.6. The molecule has 0 unspecified atom stereocenters. The van der Waals surface area contributed by atoms with Crippen molar-refractivity contribution in [3.63, 3.8) is 0 Å². The molecule has 0 aromatic heterocycles. The highest BCUT2D eigenvalue weighted by molar-refractivity contribution is 7.92. The van der Waals surface area contributed by atoms with Crippen LogP contribution in [0.3, 0.4) is 0 Å². The minimum absolute atomic E-state index is 0.0000174. The maximum absolute atomic E-state index is 14.0. The summed E-state index contributed by atoms with van der Waals surface area (Å²) in [6.45, 7) is 5.23. The molecule has 39 heavy (non-hydrogen) atoms. The molecule has 3 rings (SSSR count). The molecule has 0 aliphatic carbocycles. The van der Waals surface area contributed by atoms with Gasteiger partial charge in [-0.05, 0) is 55.7 Å². The zero-order chi connectivity index (χ0) is 28.6. The van der Waals surface area contributed by atoms with Crippen LogP contribution in [0.25, 0.3) is 0 Å². The van der Waals surface area contributed by atoms with E-state index >= 15 is 0 Å². The molecular formula is C29H33Cl2N3O4S. The van der Waals surface area contributed by atoms with Gasteiger partial charge in [0.1, 0.15) is 12.6 Å². The molecule has 1 N–H and O–H groups in total. The Morgan fingerprint density at radius 2 is 1.51 bits per heavy atom. The van der Waals surface area contributed by atoms with Crippen LogP contribution in [0.5, 0.6) is 0 Å². The molecule has 0 saturated heterocycles. The molecule has 0 spiro atoms. The third-order valence-corrected chi connectivity index (χ3v) is 8.68. The topological polar surface area (TPSA) is 86.8 Å². The number of anilines is 1. The number of amides is 2. The van der Waals surface area contributed by atoms with Crippen LogP contribution in [-0.2, 0) is 26.2 Å². The van der Waals surface area contributed by atoms with Crippen LogP contribution >= 0.6 is 23.2 Å². The van der Waals surface area contributed by atoms with Crippen LogP contribution in [0.15, 0.2) is 83.8 Å². The van der Waals surface area contributed by atoms with E-state index in [1.54, 1.807) is 18.2 Å². The molecule has 0 aliphatic heterocycles. The van der Waals surface area contributed by atoms with E-state index in [-0.39, 0.29) is 34.1 Å². The number of nitrogens with one attached hydrogen (secondary N) is 1. The standard InChI is InChI=1S/C29H33Cl2N3O4S/c1-4-21(3)32-29(36)26(5-2)33(19-22-12-8-6-9-13-22)28(35)20-34(27-17-16-23(30)18-25(27)31)39(37,38)24-14-10-7-11-15-24/h6-18,21,26H,4-5,19-20H2,1-3H3,(H,32,36)/t21-,26-/m0/s1. The second-order valence-corrected chi connectivity index (χ2v) is 11.9. The molecule has 3 aromatic rings. The van der Waals surface area contributed by atoms with Gasteiger partial charge in [-0.3, -0.25) is 13.9 Å². The highest BCUT2D eigenvalue weighted by atomic mass is 35.5. The van der Waals surface area contributed by atoms with Crippen LogP contribution in [0.2, 0.25) is 10.0 Å². The van der Waals surface area contributed by atoms with Gasteiger partial charge in [-0.25, -0.2) is 8.42 Å². The van der Waals surface area contributed by atoms with Gasteiger partial charge in [0.25, 0.3) is 10.0 Å². The van der Waals surface area contributed by atoms with E-state index in [9.17, 15) is 18.0 Å². The van der Waals surface area contributed by atoms with Crippen molar-refractivity contribution in [2.24, 2.45) is 0 Å². The number of sulfonamides is 1. The van der Waals surface area contributed by atoms with E-state index in [0.29, 0.717) is 11.4 Å². The summed E-state index contributed by atoms with van der Waals surface area (Å²) in [5.74, 6) is -0.839. The van der Waals surface area contributed by atoms with Crippen molar-refractivity contribution in [2.75, 3.05) is 10.8 Å². The summed E-state index contributed by atoms with van der Waals surface area (Å²) in [6, 6.07) is 20.6. The number of halogens is 2. The smallest absolute Gasteiger partial charge is 0.264 e. The lowest BCUT2D eigenvalue weighted by Gasteiger charge is -2.34. The summed E-state index contributed by atoms with van der Waals surface area (Å²) in [7, 11) is -4.21. The van der Waals surface area contributed by atoms with Crippen molar-refractivity contribution in [3.8, 4) is 0 Å². The van der Waals surface area contributed by atoms with Gasteiger partial charge in [0.05, 0.1) is 15.6 Å². The molecule has 0 aliphatic rings. The quantitative estimate of drug-likeness (QED) is 0.284. The van der Waals surface area contributed by atoms with Crippen LogP contribution in [0.4, 0.5) is 5.69 Å². The fourth-order valence-corrected chi connectivity index (χ4v) is 6.07. The van der Waals surface area contributed by atoms with E-state index in [1.165, 1.54) is 35.2 Å². The fraction of sp³-hybridized carbons (Fsp3) is 0.310. The second-order valence-electron chi connectivity index (χ2n) is 9.17. The van der Waals surface area contributed by atoms with E-state index in [0.717, 1.165) is 16.3 Å². The summed E-state index contributed by atoms with van der Waals surface area (Å²) in [5.41, 5.74) is 0.915. The molecule has 0 bridgehead atoms. The number of nitrogens with zero attached hydrogens (tertiary/aromatic N) is 2. The Labute approximate surface area is 240 Å². The Bertz CT molecular complexity index is 1370. The Morgan fingerprint density at radius 1 is 0.897 bits per heavy atom. The third kappa shape index (κ3) is 7.75. The third-order valence-electron chi connectivity index (χ3n) is 6.37. The number of carbonyl (C=O) groups excluding carboxylic acids is 2. The first-order valence-electron chi connectivity index (χ1n) is 12.7. The maximum Gasteiger partial charge on any atom is 0.264 e. The molecule has 0 saturated carbocycles. The van der Waals surface area contributed by atoms with Crippen molar-refractivity contribution >= 4 is 50.7 Å². The molecule has 0 radical (unpaired) electrons. The van der Waals surface area contributed by atoms with Crippen molar-refractivity contribution < 1.29 is 18.0 Å². The zero-order valence-corrected chi connectivity index (χ0v) is 24.5. The van der Waals surface area contributed by atoms with Crippen molar-refractivity contribution in [2.45, 2.75) is 57.1 Å². The predicted molar refractivity (Wildman–Crippen MR) is 156 cm³/mol. The van der Waals surface area contributed by atoms with E-state index in [4.69, 9.17) is 23.2 Å². The number of hydrogen-bond donors (Lipinski definition) is 1. The van der Waals surface area contributed by atoms with Gasteiger partial charge in [-0.1, -0.05) is 85.6 Å². The fourth-order valence-electron chi connectivity index (χ4n) is 4.06. The number of benzene rings is 3. The van der Waals surface area contributed by atoms with E-state index < -0.39 is 28.5 Å². The number of hydrogen-bond acceptors (Lipinski definition) is 4. The number of carbonyl (C=O) groups is 2. The van der Waals surface area contributed by atoms with Gasteiger partial charge in [0.2, 0.25) is 11.8 Å². The van der Waals surface area contributed by atoms with Crippen LogP contribution in [0, 0.1) is 0 Å². The van der Waals surface area contributed by atoms with Gasteiger partial charge >= 0.3 is 0 Å². The van der Waals surface area contributed by atoms with Gasteiger partial charge in [-0.2, -0.15) is 0 Å². The normalized spacial score (nSPS) is 12.8. The molecule has 10 heteroatoms. The Morgan fingerprint density at radius 3 is 2.08 bits per heavy atom. The molecule has 2 amide bonds. The van der Waals surface area contributed by atoms with Crippen molar-refractivity contribution in [3.05, 3.63) is 94.5 Å². The Kier molecular flexibility index (Phi) is 10.8. The zero-order valence-electron chi connectivity index (χ0n) is 22.2. The Balaban J connectivity index is 2.07. The first kappa shape index (κ1) is 30.5. The minimum atomic E-state index is -4.21. The maximum atomic E-state index is 14.0. The summed E-state index contributed by atoms with van der Waals surface area (Å²) in [4.78, 5) is 28.7. The van der Waals surface area contributed by atoms with Gasteiger partial charge in [-0.15, -0.1) is 0 Å². The molecular weight excluding hydrogens is 557 g/mol. The molecule has 0 fully saturated rings. The highest BCUT2D eigenvalue weighted by Crippen LogP contribution is 2.33. The summed E-state index contributed by atoms with van der Waals surface area (Å²) < 4.78 is 28.6. The van der Waals surface area contributed by atoms with E-state index in [2.05, 4.69) is 5.32 Å². The van der Waals surface area contributed by atoms with Crippen LogP contribution in [-0.4, -0.2) is 43.8 Å². The lowest BCUT2D eigenvalue weighted by molar-refractivity contribution is -0.140. The van der Waals surface area contributed by atoms with Gasteiger partial charge in [0, 0.05) is 17.6 Å². The molecule has 3 aromatic carbocycles. The minimum Gasteiger partial charge on any atom is -0.352 e. The lowest BCUT2D eigenvalue weighted by Crippen LogP contribution is -2.53. The van der Waals surface area contributed by atoms with Crippen molar-refractivity contribution in [1.29, 1.82) is 0 Å². The SMILES string of the molecule is CC[C@H](C)NC(=O)[C@H](CC)N(Cc1ccccc1)C(=O)CN(c1ccc(Cl)cc1Cl)S(=O)(=O)c1ccccc1. The molecule has 2 atom stereocenters. The predicted octanol–water partition coefficient (Wildman–Crippen LogP) is 5.91. The second kappa shape index (κ2) is 13.8. The molecule has 0 heterocycles. The molecule has 7 nitrogen and oxygen atoms in total. The van der Waals surface area contributed by atoms with Gasteiger partial charge in [0.15, 0.2) is 0 Å². The Hall–Kier alpha value is -3.07.